The maximum atomic E-state index is 12.9. The first-order valence-electron chi connectivity index (χ1n) is 6.94. The van der Waals surface area contributed by atoms with E-state index in [0.29, 0.717) is 5.13 Å². The molecule has 110 valence electrons. The lowest BCUT2D eigenvalue weighted by Gasteiger charge is -2.24. The van der Waals surface area contributed by atoms with E-state index in [1.807, 2.05) is 10.3 Å². The van der Waals surface area contributed by atoms with Crippen LogP contribution in [0.3, 0.4) is 0 Å². The van der Waals surface area contributed by atoms with E-state index in [-0.39, 0.29) is 17.9 Å². The Morgan fingerprint density at radius 3 is 2.95 bits per heavy atom. The minimum atomic E-state index is -0.233. The van der Waals surface area contributed by atoms with E-state index in [1.165, 1.54) is 23.5 Å². The van der Waals surface area contributed by atoms with Gasteiger partial charge in [-0.2, -0.15) is 0 Å². The second kappa shape index (κ2) is 6.22. The summed E-state index contributed by atoms with van der Waals surface area (Å²) in [6.45, 7) is 0.753. The molecule has 0 aliphatic carbocycles. The number of benzene rings is 1. The number of amides is 2. The van der Waals surface area contributed by atoms with Gasteiger partial charge in [-0.3, -0.25) is 5.32 Å². The molecule has 1 saturated heterocycles. The third-order valence-corrected chi connectivity index (χ3v) is 4.36. The lowest BCUT2D eigenvalue weighted by molar-refractivity contribution is 0.206. The van der Waals surface area contributed by atoms with E-state index < -0.39 is 0 Å². The number of carbonyl (C=O) groups excluding carboxylic acids is 1. The fourth-order valence-corrected chi connectivity index (χ4v) is 3.17. The van der Waals surface area contributed by atoms with E-state index in [0.717, 1.165) is 31.4 Å². The summed E-state index contributed by atoms with van der Waals surface area (Å²) < 4.78 is 12.9. The fraction of sp³-hybridized carbons (Fsp3) is 0.333. The molecule has 0 bridgehead atoms. The Labute approximate surface area is 126 Å². The summed E-state index contributed by atoms with van der Waals surface area (Å²) in [6, 6.07) is 6.55. The van der Waals surface area contributed by atoms with E-state index in [2.05, 4.69) is 10.3 Å². The molecule has 1 atom stereocenters. The standard InChI is InChI=1S/C15H16FN3OS/c16-12-5-3-11(4-6-12)10-13-2-1-8-19(13)15(20)18-14-17-7-9-21-14/h3-7,9,13H,1-2,8,10H2,(H,17,18,20). The van der Waals surface area contributed by atoms with Gasteiger partial charge in [-0.1, -0.05) is 12.1 Å². The highest BCUT2D eigenvalue weighted by Gasteiger charge is 2.29. The van der Waals surface area contributed by atoms with Crippen molar-refractivity contribution in [2.45, 2.75) is 25.3 Å². The predicted molar refractivity (Wildman–Crippen MR) is 81.0 cm³/mol. The van der Waals surface area contributed by atoms with Crippen molar-refractivity contribution in [1.29, 1.82) is 0 Å². The van der Waals surface area contributed by atoms with Crippen LogP contribution in [-0.4, -0.2) is 28.5 Å². The number of halogens is 1. The van der Waals surface area contributed by atoms with Crippen LogP contribution >= 0.6 is 11.3 Å². The second-order valence-electron chi connectivity index (χ2n) is 5.09. The number of anilines is 1. The SMILES string of the molecule is O=C(Nc1nccs1)N1CCCC1Cc1ccc(F)cc1. The molecule has 21 heavy (non-hydrogen) atoms. The Kier molecular flexibility index (Phi) is 4.15. The first kappa shape index (κ1) is 14.0. The Morgan fingerprint density at radius 2 is 2.24 bits per heavy atom. The number of hydrogen-bond acceptors (Lipinski definition) is 3. The minimum Gasteiger partial charge on any atom is -0.321 e. The van der Waals surface area contributed by atoms with Gasteiger partial charge in [0, 0.05) is 24.2 Å². The van der Waals surface area contributed by atoms with Crippen molar-refractivity contribution >= 4 is 22.5 Å². The van der Waals surface area contributed by atoms with Crippen molar-refractivity contribution in [3.8, 4) is 0 Å². The highest BCUT2D eigenvalue weighted by atomic mass is 32.1. The molecule has 2 aromatic rings. The van der Waals surface area contributed by atoms with Crippen molar-refractivity contribution in [2.24, 2.45) is 0 Å². The Balaban J connectivity index is 1.64. The molecule has 1 fully saturated rings. The topological polar surface area (TPSA) is 45.2 Å². The molecular formula is C15H16FN3OS. The number of rotatable bonds is 3. The summed E-state index contributed by atoms with van der Waals surface area (Å²) in [5, 5.41) is 5.27. The smallest absolute Gasteiger partial charge is 0.321 e. The van der Waals surface area contributed by atoms with Gasteiger partial charge in [0.2, 0.25) is 0 Å². The molecular weight excluding hydrogens is 289 g/mol. The summed E-state index contributed by atoms with van der Waals surface area (Å²) in [5.41, 5.74) is 1.05. The van der Waals surface area contributed by atoms with Crippen LogP contribution in [-0.2, 0) is 6.42 Å². The number of nitrogens with zero attached hydrogens (tertiary/aromatic N) is 2. The molecule has 1 aromatic heterocycles. The molecule has 1 N–H and O–H groups in total. The molecule has 0 radical (unpaired) electrons. The second-order valence-corrected chi connectivity index (χ2v) is 5.98. The largest absolute Gasteiger partial charge is 0.323 e. The monoisotopic (exact) mass is 305 g/mol. The van der Waals surface area contributed by atoms with E-state index in [4.69, 9.17) is 0 Å². The van der Waals surface area contributed by atoms with Gasteiger partial charge < -0.3 is 4.90 Å². The average molecular weight is 305 g/mol. The van der Waals surface area contributed by atoms with E-state index >= 15 is 0 Å². The molecule has 0 spiro atoms. The van der Waals surface area contributed by atoms with Gasteiger partial charge in [0.05, 0.1) is 0 Å². The van der Waals surface area contributed by atoms with Crippen LogP contribution in [0.5, 0.6) is 0 Å². The third-order valence-electron chi connectivity index (χ3n) is 3.67. The first-order chi connectivity index (χ1) is 10.2. The zero-order valence-corrected chi connectivity index (χ0v) is 12.3. The van der Waals surface area contributed by atoms with Crippen molar-refractivity contribution in [3.05, 3.63) is 47.2 Å². The quantitative estimate of drug-likeness (QED) is 0.943. The summed E-state index contributed by atoms with van der Waals surface area (Å²) in [6.07, 6.45) is 4.39. The lowest BCUT2D eigenvalue weighted by Crippen LogP contribution is -2.39. The van der Waals surface area contributed by atoms with Gasteiger partial charge in [-0.15, -0.1) is 11.3 Å². The summed E-state index contributed by atoms with van der Waals surface area (Å²) in [4.78, 5) is 18.2. The normalized spacial score (nSPS) is 18.0. The van der Waals surface area contributed by atoms with Gasteiger partial charge in [-0.25, -0.2) is 14.2 Å². The molecule has 2 amide bonds. The molecule has 1 aliphatic rings. The average Bonchev–Trinajstić information content (AvgIpc) is 3.13. The van der Waals surface area contributed by atoms with Gasteiger partial charge in [0.25, 0.3) is 0 Å². The Morgan fingerprint density at radius 1 is 1.43 bits per heavy atom. The van der Waals surface area contributed by atoms with Crippen LogP contribution in [0.15, 0.2) is 35.8 Å². The molecule has 2 heterocycles. The molecule has 3 rings (SSSR count). The molecule has 1 aliphatic heterocycles. The van der Waals surface area contributed by atoms with Gasteiger partial charge in [-0.05, 0) is 37.0 Å². The number of thiazole rings is 1. The van der Waals surface area contributed by atoms with Crippen LogP contribution in [0.4, 0.5) is 14.3 Å². The van der Waals surface area contributed by atoms with Crippen molar-refractivity contribution in [3.63, 3.8) is 0 Å². The number of carbonyl (C=O) groups is 1. The van der Waals surface area contributed by atoms with Crippen molar-refractivity contribution in [1.82, 2.24) is 9.88 Å². The van der Waals surface area contributed by atoms with Crippen LogP contribution in [0.25, 0.3) is 0 Å². The zero-order chi connectivity index (χ0) is 14.7. The van der Waals surface area contributed by atoms with Gasteiger partial charge >= 0.3 is 6.03 Å². The fourth-order valence-electron chi connectivity index (χ4n) is 2.66. The number of nitrogens with one attached hydrogen (secondary N) is 1. The van der Waals surface area contributed by atoms with Gasteiger partial charge in [0.15, 0.2) is 5.13 Å². The summed E-state index contributed by atoms with van der Waals surface area (Å²) in [5.74, 6) is -0.233. The summed E-state index contributed by atoms with van der Waals surface area (Å²) in [7, 11) is 0. The maximum Gasteiger partial charge on any atom is 0.323 e. The van der Waals surface area contributed by atoms with Crippen LogP contribution in [0.2, 0.25) is 0 Å². The molecule has 1 aromatic carbocycles. The Bertz CT molecular complexity index is 600. The first-order valence-corrected chi connectivity index (χ1v) is 7.82. The van der Waals surface area contributed by atoms with E-state index in [9.17, 15) is 9.18 Å². The molecule has 1 unspecified atom stereocenters. The van der Waals surface area contributed by atoms with Crippen molar-refractivity contribution < 1.29 is 9.18 Å². The highest BCUT2D eigenvalue weighted by Crippen LogP contribution is 2.23. The molecule has 0 saturated carbocycles. The minimum absolute atomic E-state index is 0.102. The maximum absolute atomic E-state index is 12.9. The van der Waals surface area contributed by atoms with Gasteiger partial charge in [0.1, 0.15) is 5.82 Å². The summed E-state index contributed by atoms with van der Waals surface area (Å²) >= 11 is 1.41. The Hall–Kier alpha value is -1.95. The predicted octanol–water partition coefficient (Wildman–Crippen LogP) is 3.52. The van der Waals surface area contributed by atoms with Crippen LogP contribution in [0.1, 0.15) is 18.4 Å². The number of urea groups is 1. The highest BCUT2D eigenvalue weighted by molar-refractivity contribution is 7.13. The van der Waals surface area contributed by atoms with Crippen molar-refractivity contribution in [2.75, 3.05) is 11.9 Å². The van der Waals surface area contributed by atoms with Crippen LogP contribution in [0, 0.1) is 5.82 Å². The number of hydrogen-bond donors (Lipinski definition) is 1. The molecule has 4 nitrogen and oxygen atoms in total. The lowest BCUT2D eigenvalue weighted by atomic mass is 10.0. The van der Waals surface area contributed by atoms with E-state index in [1.54, 1.807) is 18.3 Å². The third kappa shape index (κ3) is 3.39. The number of aromatic nitrogens is 1. The zero-order valence-electron chi connectivity index (χ0n) is 11.5. The number of likely N-dealkylation sites (tertiary alicyclic amines) is 1. The van der Waals surface area contributed by atoms with Crippen LogP contribution < -0.4 is 5.32 Å². The molecule has 6 heteroatoms.